The van der Waals surface area contributed by atoms with Crippen molar-refractivity contribution in [2.24, 2.45) is 17.8 Å². The lowest BCUT2D eigenvalue weighted by atomic mass is 9.72. The van der Waals surface area contributed by atoms with Gasteiger partial charge in [0.25, 0.3) is 0 Å². The minimum absolute atomic E-state index is 0.0216. The summed E-state index contributed by atoms with van der Waals surface area (Å²) in [6.45, 7) is 7.45. The molecular formula is C28H34ClFN2O2. The molecule has 1 aliphatic carbocycles. The molecule has 1 amide bonds. The maximum atomic E-state index is 13.1. The second-order valence-electron chi connectivity index (χ2n) is 10.4. The predicted octanol–water partition coefficient (Wildman–Crippen LogP) is 5.49. The molecule has 1 aliphatic heterocycles. The van der Waals surface area contributed by atoms with E-state index in [4.69, 9.17) is 11.6 Å². The van der Waals surface area contributed by atoms with Crippen LogP contribution >= 0.6 is 11.6 Å². The lowest BCUT2D eigenvalue weighted by molar-refractivity contribution is -0.126. The smallest absolute Gasteiger partial charge is 0.230 e. The van der Waals surface area contributed by atoms with Crippen molar-refractivity contribution in [2.75, 3.05) is 26.2 Å². The van der Waals surface area contributed by atoms with Crippen molar-refractivity contribution in [1.29, 1.82) is 0 Å². The third-order valence-corrected chi connectivity index (χ3v) is 8.07. The van der Waals surface area contributed by atoms with Crippen LogP contribution in [0.5, 0.6) is 0 Å². The molecule has 1 saturated carbocycles. The molecule has 2 aromatic carbocycles. The zero-order valence-corrected chi connectivity index (χ0v) is 20.8. The van der Waals surface area contributed by atoms with Crippen molar-refractivity contribution < 1.29 is 14.0 Å². The van der Waals surface area contributed by atoms with Gasteiger partial charge in [-0.1, -0.05) is 23.7 Å². The van der Waals surface area contributed by atoms with Crippen LogP contribution in [0.2, 0.25) is 5.02 Å². The van der Waals surface area contributed by atoms with Gasteiger partial charge in [-0.3, -0.25) is 9.59 Å². The number of nitrogens with one attached hydrogen (secondary N) is 1. The minimum atomic E-state index is -0.608. The van der Waals surface area contributed by atoms with Gasteiger partial charge in [0.1, 0.15) is 5.82 Å². The van der Waals surface area contributed by atoms with E-state index in [0.717, 1.165) is 44.5 Å². The number of piperidine rings is 1. The number of Topliss-reactive ketones (excluding diaryl/α,β-unsaturated/α-hetero) is 1. The van der Waals surface area contributed by atoms with Gasteiger partial charge in [-0.05, 0) is 106 Å². The Labute approximate surface area is 206 Å². The van der Waals surface area contributed by atoms with Crippen LogP contribution in [0.15, 0.2) is 48.5 Å². The fourth-order valence-corrected chi connectivity index (χ4v) is 5.27. The van der Waals surface area contributed by atoms with Crippen LogP contribution in [0.4, 0.5) is 4.39 Å². The molecule has 182 valence electrons. The molecule has 4 nitrogen and oxygen atoms in total. The quantitative estimate of drug-likeness (QED) is 0.504. The van der Waals surface area contributed by atoms with E-state index in [1.54, 1.807) is 12.1 Å². The Morgan fingerprint density at radius 3 is 2.18 bits per heavy atom. The van der Waals surface area contributed by atoms with Gasteiger partial charge in [-0.25, -0.2) is 4.39 Å². The van der Waals surface area contributed by atoms with Crippen LogP contribution in [0.3, 0.4) is 0 Å². The molecule has 0 radical (unpaired) electrons. The van der Waals surface area contributed by atoms with Crippen molar-refractivity contribution in [3.63, 3.8) is 0 Å². The van der Waals surface area contributed by atoms with E-state index in [1.165, 1.54) is 18.6 Å². The first-order valence-corrected chi connectivity index (χ1v) is 12.7. The molecule has 1 saturated heterocycles. The highest BCUT2D eigenvalue weighted by Gasteiger charge is 2.36. The number of benzene rings is 2. The zero-order chi connectivity index (χ0) is 24.3. The Kier molecular flexibility index (Phi) is 7.73. The Bertz CT molecular complexity index is 998. The van der Waals surface area contributed by atoms with Gasteiger partial charge in [-0.15, -0.1) is 0 Å². The molecule has 34 heavy (non-hydrogen) atoms. The van der Waals surface area contributed by atoms with Crippen LogP contribution in [0, 0.1) is 23.6 Å². The van der Waals surface area contributed by atoms with Crippen molar-refractivity contribution >= 4 is 23.3 Å². The van der Waals surface area contributed by atoms with Gasteiger partial charge >= 0.3 is 0 Å². The molecule has 0 bridgehead atoms. The number of hydrogen-bond donors (Lipinski definition) is 1. The fraction of sp³-hybridized carbons (Fsp3) is 0.500. The zero-order valence-electron chi connectivity index (χ0n) is 20.0. The SMILES string of the molecule is CC(C)(C(=O)NC[C@H]1CC[C@@H]1CN1CCC(C(=O)c2ccc(F)cc2)CC1)c1ccc(Cl)cc1. The van der Waals surface area contributed by atoms with Gasteiger partial charge in [0, 0.05) is 29.6 Å². The lowest BCUT2D eigenvalue weighted by Gasteiger charge is -2.42. The fourth-order valence-electron chi connectivity index (χ4n) is 5.15. The van der Waals surface area contributed by atoms with Crippen LogP contribution < -0.4 is 5.32 Å². The number of carbonyl (C=O) groups excluding carboxylic acids is 2. The van der Waals surface area contributed by atoms with E-state index < -0.39 is 5.41 Å². The number of amides is 1. The average Bonchev–Trinajstić information content (AvgIpc) is 2.82. The number of carbonyl (C=O) groups is 2. The molecular weight excluding hydrogens is 451 g/mol. The standard InChI is InChI=1S/C28H34ClFN2O2/c1-28(2,23-7-9-24(29)10-8-23)27(34)31-17-21-3-4-22(21)18-32-15-13-20(14-16-32)26(33)19-5-11-25(30)12-6-19/h5-12,20-22H,3-4,13-18H2,1-2H3,(H,31,34)/t21-,22-/m1/s1. The molecule has 0 aromatic heterocycles. The van der Waals surface area contributed by atoms with Crippen molar-refractivity contribution in [2.45, 2.75) is 44.9 Å². The molecule has 2 aromatic rings. The van der Waals surface area contributed by atoms with Gasteiger partial charge in [0.05, 0.1) is 5.41 Å². The largest absolute Gasteiger partial charge is 0.355 e. The Balaban J connectivity index is 1.21. The summed E-state index contributed by atoms with van der Waals surface area (Å²) < 4.78 is 13.1. The lowest BCUT2D eigenvalue weighted by Crippen LogP contribution is -2.48. The molecule has 6 heteroatoms. The van der Waals surface area contributed by atoms with Crippen molar-refractivity contribution in [1.82, 2.24) is 10.2 Å². The number of likely N-dealkylation sites (tertiary alicyclic amines) is 1. The highest BCUT2D eigenvalue weighted by atomic mass is 35.5. The van der Waals surface area contributed by atoms with Gasteiger partial charge in [-0.2, -0.15) is 0 Å². The third-order valence-electron chi connectivity index (χ3n) is 7.81. The van der Waals surface area contributed by atoms with Gasteiger partial charge < -0.3 is 10.2 Å². The summed E-state index contributed by atoms with van der Waals surface area (Å²) in [6, 6.07) is 13.4. The first kappa shape index (κ1) is 24.9. The average molecular weight is 485 g/mol. The summed E-state index contributed by atoms with van der Waals surface area (Å²) >= 11 is 5.99. The summed E-state index contributed by atoms with van der Waals surface area (Å²) in [5.41, 5.74) is 0.955. The summed E-state index contributed by atoms with van der Waals surface area (Å²) in [5, 5.41) is 3.86. The van der Waals surface area contributed by atoms with Crippen LogP contribution in [-0.2, 0) is 10.2 Å². The van der Waals surface area contributed by atoms with Crippen LogP contribution in [-0.4, -0.2) is 42.8 Å². The predicted molar refractivity (Wildman–Crippen MR) is 134 cm³/mol. The summed E-state index contributed by atoms with van der Waals surface area (Å²) in [5.74, 6) is 0.971. The van der Waals surface area contributed by atoms with E-state index >= 15 is 0 Å². The highest BCUT2D eigenvalue weighted by molar-refractivity contribution is 6.30. The number of hydrogen-bond acceptors (Lipinski definition) is 3. The monoisotopic (exact) mass is 484 g/mol. The second kappa shape index (κ2) is 10.6. The summed E-state index contributed by atoms with van der Waals surface area (Å²) in [6.07, 6.45) is 4.03. The molecule has 0 unspecified atom stereocenters. The molecule has 0 spiro atoms. The molecule has 1 N–H and O–H groups in total. The Hall–Kier alpha value is -2.24. The summed E-state index contributed by atoms with van der Waals surface area (Å²) in [4.78, 5) is 28.1. The van der Waals surface area contributed by atoms with Crippen LogP contribution in [0.25, 0.3) is 0 Å². The molecule has 1 heterocycles. The maximum Gasteiger partial charge on any atom is 0.230 e. The Morgan fingerprint density at radius 2 is 1.59 bits per heavy atom. The van der Waals surface area contributed by atoms with Crippen molar-refractivity contribution in [3.8, 4) is 0 Å². The minimum Gasteiger partial charge on any atom is -0.355 e. The maximum absolute atomic E-state index is 13.1. The Morgan fingerprint density at radius 1 is 0.971 bits per heavy atom. The number of rotatable bonds is 8. The number of halogens is 2. The molecule has 2 atom stereocenters. The third kappa shape index (κ3) is 5.69. The van der Waals surface area contributed by atoms with Gasteiger partial charge in [0.15, 0.2) is 5.78 Å². The van der Waals surface area contributed by atoms with E-state index in [1.807, 2.05) is 38.1 Å². The second-order valence-corrected chi connectivity index (χ2v) is 10.8. The normalized spacial score (nSPS) is 21.6. The number of ketones is 1. The van der Waals surface area contributed by atoms with E-state index in [-0.39, 0.29) is 23.4 Å². The van der Waals surface area contributed by atoms with E-state index in [2.05, 4.69) is 10.2 Å². The highest BCUT2D eigenvalue weighted by Crippen LogP contribution is 2.36. The van der Waals surface area contributed by atoms with Crippen molar-refractivity contribution in [3.05, 3.63) is 70.5 Å². The molecule has 4 rings (SSSR count). The molecule has 2 aliphatic rings. The number of nitrogens with zero attached hydrogens (tertiary/aromatic N) is 1. The van der Waals surface area contributed by atoms with E-state index in [0.29, 0.717) is 29.0 Å². The topological polar surface area (TPSA) is 49.4 Å². The van der Waals surface area contributed by atoms with Crippen LogP contribution in [0.1, 0.15) is 55.5 Å². The first-order valence-electron chi connectivity index (χ1n) is 12.3. The summed E-state index contributed by atoms with van der Waals surface area (Å²) in [7, 11) is 0. The molecule has 2 fully saturated rings. The first-order chi connectivity index (χ1) is 16.2. The van der Waals surface area contributed by atoms with Gasteiger partial charge in [0.2, 0.25) is 5.91 Å². The van der Waals surface area contributed by atoms with E-state index in [9.17, 15) is 14.0 Å².